The second kappa shape index (κ2) is 12.3. The first kappa shape index (κ1) is 22.0. The van der Waals surface area contributed by atoms with Gasteiger partial charge in [-0.2, -0.15) is 0 Å². The van der Waals surface area contributed by atoms with Crippen molar-refractivity contribution >= 4 is 35.5 Å². The zero-order valence-electron chi connectivity index (χ0n) is 14.9. The summed E-state index contributed by atoms with van der Waals surface area (Å²) in [6.07, 6.45) is 2.55. The fourth-order valence-electron chi connectivity index (χ4n) is 1.77. The highest BCUT2D eigenvalue weighted by molar-refractivity contribution is 8.03. The van der Waals surface area contributed by atoms with Gasteiger partial charge in [-0.1, -0.05) is 38.1 Å². The predicted molar refractivity (Wildman–Crippen MR) is 107 cm³/mol. The Morgan fingerprint density at radius 1 is 0.846 bits per heavy atom. The van der Waals surface area contributed by atoms with Crippen molar-refractivity contribution in [2.45, 2.75) is 27.1 Å². The highest BCUT2D eigenvalue weighted by Crippen LogP contribution is 2.11. The van der Waals surface area contributed by atoms with Crippen LogP contribution in [0.3, 0.4) is 0 Å². The van der Waals surface area contributed by atoms with Crippen molar-refractivity contribution < 1.29 is 19.1 Å². The molecule has 0 radical (unpaired) electrons. The standard InChI is InChI=1S/C18H24N2O4S2/c1-3-25-15(19)9-17(21)23-11-13-5-7-14(8-6-13)12-24-18(22)10-16(20)26-4-2/h5-10H,3-4,11-12,19-20H2,1-2H3. The third-order valence-electron chi connectivity index (χ3n) is 2.93. The Labute approximate surface area is 162 Å². The van der Waals surface area contributed by atoms with E-state index in [1.807, 2.05) is 13.8 Å². The molecule has 1 rings (SSSR count). The molecule has 1 aromatic rings. The van der Waals surface area contributed by atoms with E-state index in [4.69, 9.17) is 20.9 Å². The summed E-state index contributed by atoms with van der Waals surface area (Å²) in [4.78, 5) is 23.2. The molecule has 0 heterocycles. The number of benzene rings is 1. The van der Waals surface area contributed by atoms with Crippen LogP contribution in [-0.2, 0) is 32.3 Å². The Balaban J connectivity index is 2.44. The van der Waals surface area contributed by atoms with E-state index >= 15 is 0 Å². The molecule has 0 bridgehead atoms. The molecule has 142 valence electrons. The Morgan fingerprint density at radius 3 is 1.50 bits per heavy atom. The van der Waals surface area contributed by atoms with Gasteiger partial charge in [-0.3, -0.25) is 0 Å². The van der Waals surface area contributed by atoms with Crippen molar-refractivity contribution in [2.75, 3.05) is 11.5 Å². The molecule has 8 heteroatoms. The first-order chi connectivity index (χ1) is 12.4. The molecule has 0 aliphatic heterocycles. The summed E-state index contributed by atoms with van der Waals surface area (Å²) < 4.78 is 10.3. The minimum atomic E-state index is -0.476. The summed E-state index contributed by atoms with van der Waals surface area (Å²) in [5.41, 5.74) is 12.9. The average molecular weight is 397 g/mol. The molecular weight excluding hydrogens is 372 g/mol. The van der Waals surface area contributed by atoms with Gasteiger partial charge in [0.1, 0.15) is 13.2 Å². The van der Waals surface area contributed by atoms with Crippen LogP contribution in [0.5, 0.6) is 0 Å². The maximum atomic E-state index is 11.6. The lowest BCUT2D eigenvalue weighted by atomic mass is 10.1. The van der Waals surface area contributed by atoms with Gasteiger partial charge in [-0.25, -0.2) is 9.59 Å². The normalized spacial score (nSPS) is 11.9. The Bertz CT molecular complexity index is 601. The van der Waals surface area contributed by atoms with Crippen LogP contribution in [0, 0.1) is 0 Å². The van der Waals surface area contributed by atoms with Gasteiger partial charge in [0.15, 0.2) is 0 Å². The van der Waals surface area contributed by atoms with Crippen LogP contribution < -0.4 is 11.5 Å². The number of esters is 2. The number of rotatable bonds is 10. The van der Waals surface area contributed by atoms with Crippen molar-refractivity contribution in [3.63, 3.8) is 0 Å². The van der Waals surface area contributed by atoms with E-state index in [1.165, 1.54) is 35.7 Å². The fourth-order valence-corrected chi connectivity index (χ4v) is 2.80. The average Bonchev–Trinajstić information content (AvgIpc) is 2.59. The molecule has 0 aliphatic rings. The molecule has 1 aromatic carbocycles. The highest BCUT2D eigenvalue weighted by Gasteiger charge is 2.04. The maximum absolute atomic E-state index is 11.6. The molecule has 0 aromatic heterocycles. The molecule has 0 fully saturated rings. The van der Waals surface area contributed by atoms with Crippen molar-refractivity contribution in [2.24, 2.45) is 11.5 Å². The van der Waals surface area contributed by atoms with Gasteiger partial charge in [0, 0.05) is 0 Å². The quantitative estimate of drug-likeness (QED) is 0.459. The number of carbonyl (C=O) groups excluding carboxylic acids is 2. The second-order valence-corrected chi connectivity index (χ2v) is 7.67. The molecule has 0 saturated carbocycles. The number of hydrogen-bond acceptors (Lipinski definition) is 8. The van der Waals surface area contributed by atoms with Gasteiger partial charge in [0.2, 0.25) is 0 Å². The van der Waals surface area contributed by atoms with Gasteiger partial charge < -0.3 is 20.9 Å². The Hall–Kier alpha value is -2.06. The number of hydrogen-bond donors (Lipinski definition) is 2. The van der Waals surface area contributed by atoms with Crippen molar-refractivity contribution in [3.8, 4) is 0 Å². The van der Waals surface area contributed by atoms with Crippen molar-refractivity contribution in [1.82, 2.24) is 0 Å². The van der Waals surface area contributed by atoms with Crippen LogP contribution in [-0.4, -0.2) is 23.4 Å². The lowest BCUT2D eigenvalue weighted by Crippen LogP contribution is -2.06. The van der Waals surface area contributed by atoms with E-state index in [0.717, 1.165) is 22.6 Å². The molecule has 0 saturated heterocycles. The number of nitrogens with two attached hydrogens (primary N) is 2. The molecular formula is C18H24N2O4S2. The third kappa shape index (κ3) is 9.43. The molecule has 0 spiro atoms. The predicted octanol–water partition coefficient (Wildman–Crippen LogP) is 2.88. The number of ether oxygens (including phenoxy) is 2. The molecule has 0 amide bonds. The number of thioether (sulfide) groups is 2. The molecule has 26 heavy (non-hydrogen) atoms. The second-order valence-electron chi connectivity index (χ2n) is 4.99. The minimum absolute atomic E-state index is 0.146. The first-order valence-electron chi connectivity index (χ1n) is 8.05. The van der Waals surface area contributed by atoms with E-state index in [1.54, 1.807) is 24.3 Å². The summed E-state index contributed by atoms with van der Waals surface area (Å²) >= 11 is 2.76. The first-order valence-corrected chi connectivity index (χ1v) is 10.0. The van der Waals surface area contributed by atoms with Crippen molar-refractivity contribution in [1.29, 1.82) is 0 Å². The summed E-state index contributed by atoms with van der Waals surface area (Å²) in [5, 5.41) is 0.864. The van der Waals surface area contributed by atoms with Crippen molar-refractivity contribution in [3.05, 3.63) is 57.6 Å². The van der Waals surface area contributed by atoms with Gasteiger partial charge >= 0.3 is 11.9 Å². The lowest BCUT2D eigenvalue weighted by Gasteiger charge is -2.06. The summed E-state index contributed by atoms with van der Waals surface area (Å²) in [6, 6.07) is 7.23. The summed E-state index contributed by atoms with van der Waals surface area (Å²) in [7, 11) is 0. The van der Waals surface area contributed by atoms with Crippen LogP contribution in [0.1, 0.15) is 25.0 Å². The van der Waals surface area contributed by atoms with Crippen LogP contribution in [0.15, 0.2) is 46.5 Å². The van der Waals surface area contributed by atoms with E-state index in [0.29, 0.717) is 10.1 Å². The fraction of sp³-hybridized carbons (Fsp3) is 0.333. The van der Waals surface area contributed by atoms with Gasteiger partial charge in [-0.15, -0.1) is 23.5 Å². The SMILES string of the molecule is CCSC(N)=CC(=O)OCc1ccc(COC(=O)C=C(N)SCC)cc1. The van der Waals surface area contributed by atoms with E-state index in [2.05, 4.69) is 0 Å². The zero-order valence-corrected chi connectivity index (χ0v) is 16.5. The monoisotopic (exact) mass is 396 g/mol. The smallest absolute Gasteiger partial charge is 0.333 e. The van der Waals surface area contributed by atoms with Gasteiger partial charge in [-0.05, 0) is 22.6 Å². The molecule has 0 unspecified atom stereocenters. The maximum Gasteiger partial charge on any atom is 0.333 e. The molecule has 6 nitrogen and oxygen atoms in total. The lowest BCUT2D eigenvalue weighted by molar-refractivity contribution is -0.140. The zero-order chi connectivity index (χ0) is 19.4. The van der Waals surface area contributed by atoms with Crippen LogP contribution >= 0.6 is 23.5 Å². The third-order valence-corrected chi connectivity index (χ3v) is 4.41. The Kier molecular flexibility index (Phi) is 10.4. The van der Waals surface area contributed by atoms with Crippen LogP contribution in [0.4, 0.5) is 0 Å². The van der Waals surface area contributed by atoms with Gasteiger partial charge in [0.25, 0.3) is 0 Å². The Morgan fingerprint density at radius 2 is 1.19 bits per heavy atom. The van der Waals surface area contributed by atoms with E-state index in [9.17, 15) is 9.59 Å². The van der Waals surface area contributed by atoms with Crippen LogP contribution in [0.2, 0.25) is 0 Å². The van der Waals surface area contributed by atoms with Gasteiger partial charge in [0.05, 0.1) is 22.2 Å². The summed E-state index contributed by atoms with van der Waals surface area (Å²) in [5.74, 6) is 0.634. The molecule has 0 atom stereocenters. The topological polar surface area (TPSA) is 105 Å². The largest absolute Gasteiger partial charge is 0.458 e. The summed E-state index contributed by atoms with van der Waals surface area (Å²) in [6.45, 7) is 4.19. The number of carbonyl (C=O) groups is 2. The van der Waals surface area contributed by atoms with E-state index in [-0.39, 0.29) is 13.2 Å². The minimum Gasteiger partial charge on any atom is -0.458 e. The highest BCUT2D eigenvalue weighted by atomic mass is 32.2. The van der Waals surface area contributed by atoms with E-state index < -0.39 is 11.9 Å². The molecule has 4 N–H and O–H groups in total. The molecule has 0 aliphatic carbocycles. The van der Waals surface area contributed by atoms with Crippen LogP contribution in [0.25, 0.3) is 0 Å².